The van der Waals surface area contributed by atoms with Gasteiger partial charge in [-0.2, -0.15) is 0 Å². The van der Waals surface area contributed by atoms with Crippen LogP contribution in [0.2, 0.25) is 0 Å². The average molecular weight is 422 g/mol. The number of likely N-dealkylation sites (N-methyl/N-ethyl adjacent to an activating group) is 1. The van der Waals surface area contributed by atoms with Crippen LogP contribution in [0.1, 0.15) is 52.4 Å². The summed E-state index contributed by atoms with van der Waals surface area (Å²) < 4.78 is 0. The highest BCUT2D eigenvalue weighted by molar-refractivity contribution is 5.99. The van der Waals surface area contributed by atoms with Gasteiger partial charge in [0.05, 0.1) is 0 Å². The van der Waals surface area contributed by atoms with Crippen molar-refractivity contribution in [1.29, 1.82) is 0 Å². The first kappa shape index (κ1) is 22.5. The molecule has 0 unspecified atom stereocenters. The number of amides is 3. The zero-order chi connectivity index (χ0) is 22.7. The van der Waals surface area contributed by atoms with Gasteiger partial charge < -0.3 is 15.1 Å². The van der Waals surface area contributed by atoms with Gasteiger partial charge in [-0.15, -0.1) is 0 Å². The third-order valence-electron chi connectivity index (χ3n) is 5.71. The molecule has 1 aliphatic heterocycles. The lowest BCUT2D eigenvalue weighted by molar-refractivity contribution is -0.134. The predicted octanol–water partition coefficient (Wildman–Crippen LogP) is 3.70. The van der Waals surface area contributed by atoms with Crippen molar-refractivity contribution in [3.63, 3.8) is 0 Å². The van der Waals surface area contributed by atoms with Gasteiger partial charge >= 0.3 is 0 Å². The monoisotopic (exact) mass is 421 g/mol. The van der Waals surface area contributed by atoms with Gasteiger partial charge in [0.1, 0.15) is 6.04 Å². The Labute approximate surface area is 184 Å². The van der Waals surface area contributed by atoms with E-state index in [1.54, 1.807) is 23.9 Å². The summed E-state index contributed by atoms with van der Waals surface area (Å²) in [6.07, 6.45) is 1.70. The summed E-state index contributed by atoms with van der Waals surface area (Å²) in [6.45, 7) is 6.15. The van der Waals surface area contributed by atoms with E-state index in [0.717, 1.165) is 28.7 Å². The molecule has 0 saturated heterocycles. The molecule has 3 amide bonds. The minimum absolute atomic E-state index is 0.0257. The maximum Gasteiger partial charge on any atom is 0.255 e. The summed E-state index contributed by atoms with van der Waals surface area (Å²) in [5.41, 5.74) is 5.20. The molecule has 6 nitrogen and oxygen atoms in total. The van der Waals surface area contributed by atoms with E-state index in [1.807, 2.05) is 57.2 Å². The van der Waals surface area contributed by atoms with Crippen molar-refractivity contribution in [3.05, 3.63) is 64.2 Å². The third-order valence-corrected chi connectivity index (χ3v) is 5.71. The average Bonchev–Trinajstić information content (AvgIpc) is 2.73. The first-order valence-corrected chi connectivity index (χ1v) is 10.7. The highest BCUT2D eigenvalue weighted by Gasteiger charge is 2.36. The highest BCUT2D eigenvalue weighted by atomic mass is 16.2. The maximum atomic E-state index is 13.6. The summed E-state index contributed by atoms with van der Waals surface area (Å²) in [5.74, 6) is -0.264. The Balaban J connectivity index is 1.97. The van der Waals surface area contributed by atoms with Gasteiger partial charge in [-0.3, -0.25) is 14.4 Å². The van der Waals surface area contributed by atoms with Gasteiger partial charge in [0.15, 0.2) is 0 Å². The van der Waals surface area contributed by atoms with Gasteiger partial charge in [-0.05, 0) is 55.2 Å². The summed E-state index contributed by atoms with van der Waals surface area (Å²) in [7, 11) is 3.43. The molecule has 0 saturated carbocycles. The van der Waals surface area contributed by atoms with E-state index >= 15 is 0 Å². The second-order valence-corrected chi connectivity index (χ2v) is 8.49. The Hall–Kier alpha value is -3.15. The number of rotatable bonds is 5. The van der Waals surface area contributed by atoms with Crippen LogP contribution in [-0.2, 0) is 22.6 Å². The van der Waals surface area contributed by atoms with Crippen molar-refractivity contribution in [2.75, 3.05) is 19.4 Å². The smallest absolute Gasteiger partial charge is 0.255 e. The van der Waals surface area contributed by atoms with E-state index in [0.29, 0.717) is 30.6 Å². The molecule has 2 aromatic carbocycles. The Morgan fingerprint density at radius 2 is 1.81 bits per heavy atom. The quantitative estimate of drug-likeness (QED) is 0.800. The third kappa shape index (κ3) is 4.95. The fourth-order valence-electron chi connectivity index (χ4n) is 3.97. The summed E-state index contributed by atoms with van der Waals surface area (Å²) >= 11 is 0. The summed E-state index contributed by atoms with van der Waals surface area (Å²) in [4.78, 5) is 41.7. The molecule has 1 heterocycles. The number of anilines is 1. The van der Waals surface area contributed by atoms with Crippen molar-refractivity contribution < 1.29 is 14.4 Å². The molecule has 0 fully saturated rings. The van der Waals surface area contributed by atoms with Crippen LogP contribution in [0.15, 0.2) is 36.4 Å². The second kappa shape index (κ2) is 9.33. The maximum absolute atomic E-state index is 13.6. The zero-order valence-corrected chi connectivity index (χ0v) is 19.0. The molecule has 1 aliphatic rings. The van der Waals surface area contributed by atoms with E-state index in [1.165, 1.54) is 0 Å². The number of fused-ring (bicyclic) bond motifs is 1. The topological polar surface area (TPSA) is 69.7 Å². The molecule has 3 rings (SSSR count). The zero-order valence-electron chi connectivity index (χ0n) is 19.0. The van der Waals surface area contributed by atoms with Crippen molar-refractivity contribution in [3.8, 4) is 0 Å². The molecule has 0 bridgehead atoms. The summed E-state index contributed by atoms with van der Waals surface area (Å²) in [6, 6.07) is 11.0. The largest absolute Gasteiger partial charge is 0.347 e. The van der Waals surface area contributed by atoms with E-state index in [-0.39, 0.29) is 17.7 Å². The molecule has 6 heteroatoms. The van der Waals surface area contributed by atoms with Crippen molar-refractivity contribution in [2.24, 2.45) is 0 Å². The number of carbonyl (C=O) groups is 3. The van der Waals surface area contributed by atoms with Crippen LogP contribution in [-0.4, -0.2) is 47.7 Å². The minimum atomic E-state index is -0.560. The molecule has 1 N–H and O–H groups in total. The molecular weight excluding hydrogens is 390 g/mol. The van der Waals surface area contributed by atoms with Gasteiger partial charge in [0.25, 0.3) is 5.91 Å². The number of benzene rings is 2. The van der Waals surface area contributed by atoms with Crippen molar-refractivity contribution in [1.82, 2.24) is 9.80 Å². The molecule has 0 aliphatic carbocycles. The van der Waals surface area contributed by atoms with Crippen LogP contribution in [0, 0.1) is 13.8 Å². The number of hydrogen-bond acceptors (Lipinski definition) is 3. The Morgan fingerprint density at radius 1 is 1.06 bits per heavy atom. The first-order valence-electron chi connectivity index (χ1n) is 10.7. The highest BCUT2D eigenvalue weighted by Crippen LogP contribution is 2.29. The molecule has 0 spiro atoms. The molecule has 164 valence electrons. The molecule has 1 atom stereocenters. The van der Waals surface area contributed by atoms with Gasteiger partial charge in [-0.25, -0.2) is 0 Å². The van der Waals surface area contributed by atoms with Crippen LogP contribution in [0.4, 0.5) is 5.69 Å². The Morgan fingerprint density at radius 3 is 2.48 bits per heavy atom. The second-order valence-electron chi connectivity index (χ2n) is 8.49. The molecule has 31 heavy (non-hydrogen) atoms. The van der Waals surface area contributed by atoms with Gasteiger partial charge in [-0.1, -0.05) is 30.7 Å². The molecule has 0 radical (unpaired) electrons. The van der Waals surface area contributed by atoms with Gasteiger partial charge in [0, 0.05) is 44.7 Å². The lowest BCUT2D eigenvalue weighted by Crippen LogP contribution is -2.52. The molecule has 2 aromatic rings. The number of nitrogens with zero attached hydrogens (tertiary/aromatic N) is 2. The lowest BCUT2D eigenvalue weighted by Gasteiger charge is -2.37. The van der Waals surface area contributed by atoms with E-state index in [2.05, 4.69) is 5.32 Å². The number of hydrogen-bond donors (Lipinski definition) is 1. The SMILES string of the molecule is CCCC(=O)Nc1ccc2c(c1)CN(C(=O)c1cc(C)ccc1C)[C@@H](C(=O)N(C)C)C2. The van der Waals surface area contributed by atoms with Crippen LogP contribution < -0.4 is 5.32 Å². The number of aryl methyl sites for hydroxylation is 2. The van der Waals surface area contributed by atoms with Crippen molar-refractivity contribution in [2.45, 2.75) is 52.6 Å². The van der Waals surface area contributed by atoms with Crippen LogP contribution in [0.25, 0.3) is 0 Å². The number of nitrogens with one attached hydrogen (secondary N) is 1. The fourth-order valence-corrected chi connectivity index (χ4v) is 3.97. The first-order chi connectivity index (χ1) is 14.7. The van der Waals surface area contributed by atoms with E-state index in [9.17, 15) is 14.4 Å². The normalized spacial score (nSPS) is 15.3. The molecule has 0 aromatic heterocycles. The minimum Gasteiger partial charge on any atom is -0.347 e. The fraction of sp³-hybridized carbons (Fsp3) is 0.400. The van der Waals surface area contributed by atoms with Crippen LogP contribution in [0.5, 0.6) is 0 Å². The number of carbonyl (C=O) groups excluding carboxylic acids is 3. The predicted molar refractivity (Wildman–Crippen MR) is 122 cm³/mol. The van der Waals surface area contributed by atoms with Crippen LogP contribution in [0.3, 0.4) is 0 Å². The van der Waals surface area contributed by atoms with E-state index < -0.39 is 6.04 Å². The van der Waals surface area contributed by atoms with E-state index in [4.69, 9.17) is 0 Å². The van der Waals surface area contributed by atoms with Gasteiger partial charge in [0.2, 0.25) is 11.8 Å². The Kier molecular flexibility index (Phi) is 6.78. The van der Waals surface area contributed by atoms with Crippen molar-refractivity contribution >= 4 is 23.4 Å². The molecular formula is C25H31N3O3. The lowest BCUT2D eigenvalue weighted by atomic mass is 9.91. The van der Waals surface area contributed by atoms with Crippen LogP contribution >= 0.6 is 0 Å². The standard InChI is InChI=1S/C25H31N3O3/c1-6-7-23(29)26-20-11-10-18-14-22(25(31)27(4)5)28(15-19(18)13-20)24(30)21-12-16(2)8-9-17(21)3/h8-13,22H,6-7,14-15H2,1-5H3,(H,26,29)/t22-/m1/s1. The summed E-state index contributed by atoms with van der Waals surface area (Å²) in [5, 5.41) is 2.92. The Bertz CT molecular complexity index is 1010.